The largest absolute Gasteiger partial charge is 0.456 e. The summed E-state index contributed by atoms with van der Waals surface area (Å²) in [7, 11) is 0. The molecule has 82 heavy (non-hydrogen) atoms. The first-order valence-corrected chi connectivity index (χ1v) is 28.2. The van der Waals surface area contributed by atoms with Gasteiger partial charge in [0.25, 0.3) is 0 Å². The molecule has 0 fully saturated rings. The molecular formula is C77H50N4O. The van der Waals surface area contributed by atoms with Crippen LogP contribution in [-0.4, -0.2) is 4.57 Å². The second-order valence-electron chi connectivity index (χ2n) is 21.6. The molecule has 0 atom stereocenters. The fraction of sp³-hybridized carbons (Fsp3) is 0.0130. The van der Waals surface area contributed by atoms with E-state index in [0.29, 0.717) is 0 Å². The number of nitrogens with zero attached hydrogens (tertiary/aromatic N) is 4. The summed E-state index contributed by atoms with van der Waals surface area (Å²) in [6.07, 6.45) is 0. The Kier molecular flexibility index (Phi) is 10.2. The summed E-state index contributed by atoms with van der Waals surface area (Å²) in [4.78, 5) is 7.37. The summed E-state index contributed by atoms with van der Waals surface area (Å²) in [6, 6.07) is 111. The number of aromatic nitrogens is 1. The molecule has 1 spiro atoms. The third-order valence-electron chi connectivity index (χ3n) is 17.3. The summed E-state index contributed by atoms with van der Waals surface area (Å²) in [5, 5.41) is 6.87. The molecule has 0 radical (unpaired) electrons. The molecule has 5 heteroatoms. The number of furan rings is 1. The standard InChI is InChI=1S/C77H50N4O/c1-6-25-53(26-7-1)78(58-42-44-74-63(47-58)62-45-51-23-16-17-24-52(51)46-75(62)82-74)59-41-43-67-72(48-59)81(57-33-14-5-15-34-57)73-50-71-64(49-68(73)77(67)65-37-20-18-35-60(65)61-36-19-21-38-66(61)77)76-69(39-22-40-70(76)80(71)56-31-12-4-13-32-56)79(54-27-8-2-9-28-54)55-29-10-3-11-30-55/h1-50H. The van der Waals surface area contributed by atoms with Crippen LogP contribution in [0.25, 0.3) is 71.3 Å². The van der Waals surface area contributed by atoms with Gasteiger partial charge in [-0.15, -0.1) is 0 Å². The molecule has 2 aliphatic rings. The van der Waals surface area contributed by atoms with E-state index >= 15 is 0 Å². The number of rotatable bonds is 8. The van der Waals surface area contributed by atoms with E-state index in [-0.39, 0.29) is 0 Å². The van der Waals surface area contributed by atoms with Crippen LogP contribution in [0.5, 0.6) is 0 Å². The van der Waals surface area contributed by atoms with E-state index in [0.717, 1.165) is 95.2 Å². The Morgan fingerprint density at radius 3 is 1.49 bits per heavy atom. The highest BCUT2D eigenvalue weighted by Crippen LogP contribution is 2.65. The Morgan fingerprint density at radius 2 is 0.829 bits per heavy atom. The van der Waals surface area contributed by atoms with Gasteiger partial charge in [-0.1, -0.05) is 176 Å². The number of para-hydroxylation sites is 5. The molecule has 13 aromatic carbocycles. The second kappa shape index (κ2) is 18.1. The molecule has 0 N–H and O–H groups in total. The summed E-state index contributed by atoms with van der Waals surface area (Å²) < 4.78 is 9.09. The van der Waals surface area contributed by atoms with Crippen LogP contribution in [0.4, 0.5) is 51.2 Å². The predicted octanol–water partition coefficient (Wildman–Crippen LogP) is 20.9. The molecule has 0 unspecified atom stereocenters. The van der Waals surface area contributed by atoms with Gasteiger partial charge in [-0.2, -0.15) is 0 Å². The van der Waals surface area contributed by atoms with Gasteiger partial charge in [-0.25, -0.2) is 0 Å². The van der Waals surface area contributed by atoms with Crippen molar-refractivity contribution in [3.63, 3.8) is 0 Å². The van der Waals surface area contributed by atoms with Crippen LogP contribution in [-0.2, 0) is 5.41 Å². The number of hydrogen-bond acceptors (Lipinski definition) is 4. The highest BCUT2D eigenvalue weighted by atomic mass is 16.3. The van der Waals surface area contributed by atoms with Crippen molar-refractivity contribution in [2.75, 3.05) is 14.7 Å². The van der Waals surface area contributed by atoms with E-state index in [1.54, 1.807) is 0 Å². The molecule has 2 aromatic heterocycles. The maximum absolute atomic E-state index is 6.60. The fourth-order valence-electron chi connectivity index (χ4n) is 13.9. The van der Waals surface area contributed by atoms with Crippen molar-refractivity contribution in [1.29, 1.82) is 0 Å². The lowest BCUT2D eigenvalue weighted by Crippen LogP contribution is -2.36. The Labute approximate surface area is 474 Å². The first-order chi connectivity index (χ1) is 40.7. The van der Waals surface area contributed by atoms with Crippen molar-refractivity contribution in [3.05, 3.63) is 326 Å². The third-order valence-corrected chi connectivity index (χ3v) is 17.3. The van der Waals surface area contributed by atoms with E-state index in [1.807, 2.05) is 0 Å². The molecule has 3 heterocycles. The van der Waals surface area contributed by atoms with Crippen LogP contribution < -0.4 is 14.7 Å². The minimum absolute atomic E-state index is 0.737. The van der Waals surface area contributed by atoms with Gasteiger partial charge in [0.1, 0.15) is 11.2 Å². The molecule has 15 aromatic rings. The Balaban J connectivity index is 0.986. The van der Waals surface area contributed by atoms with Crippen LogP contribution in [0.1, 0.15) is 22.3 Å². The van der Waals surface area contributed by atoms with Crippen molar-refractivity contribution in [2.24, 2.45) is 0 Å². The van der Waals surface area contributed by atoms with Gasteiger partial charge < -0.3 is 23.7 Å². The zero-order valence-corrected chi connectivity index (χ0v) is 44.6. The Bertz CT molecular complexity index is 4910. The minimum atomic E-state index is -0.737. The number of benzene rings is 13. The molecular weight excluding hydrogens is 997 g/mol. The Morgan fingerprint density at radius 1 is 0.305 bits per heavy atom. The molecule has 0 bridgehead atoms. The highest BCUT2D eigenvalue weighted by molar-refractivity contribution is 6.19. The van der Waals surface area contributed by atoms with Crippen molar-refractivity contribution in [2.45, 2.75) is 5.41 Å². The SMILES string of the molecule is c1ccc(N(c2ccc3c(c2)N(c2ccccc2)c2cc4c(cc2C32c3ccccc3-c3ccccc32)c2c(N(c3ccccc3)c3ccccc3)cccc2n4-c2ccccc2)c2ccc3oc4cc5ccccc5cc4c3c2)cc1. The summed E-state index contributed by atoms with van der Waals surface area (Å²) >= 11 is 0. The van der Waals surface area contributed by atoms with Gasteiger partial charge in [-0.3, -0.25) is 0 Å². The molecule has 1 aliphatic carbocycles. The van der Waals surface area contributed by atoms with E-state index < -0.39 is 5.41 Å². The van der Waals surface area contributed by atoms with Gasteiger partial charge in [0, 0.05) is 61.4 Å². The van der Waals surface area contributed by atoms with Crippen LogP contribution in [0, 0.1) is 0 Å². The first kappa shape index (κ1) is 46.1. The molecule has 384 valence electrons. The van der Waals surface area contributed by atoms with Crippen LogP contribution in [0.2, 0.25) is 0 Å². The van der Waals surface area contributed by atoms with Gasteiger partial charge in [0.05, 0.1) is 33.5 Å². The molecule has 1 aliphatic heterocycles. The molecule has 17 rings (SSSR count). The molecule has 5 nitrogen and oxygen atoms in total. The van der Waals surface area contributed by atoms with E-state index in [2.05, 4.69) is 323 Å². The smallest absolute Gasteiger partial charge is 0.136 e. The van der Waals surface area contributed by atoms with Crippen molar-refractivity contribution >= 4 is 106 Å². The molecule has 0 saturated heterocycles. The second-order valence-corrected chi connectivity index (χ2v) is 21.6. The lowest BCUT2D eigenvalue weighted by atomic mass is 9.64. The number of anilines is 9. The fourth-order valence-corrected chi connectivity index (χ4v) is 13.9. The summed E-state index contributed by atoms with van der Waals surface area (Å²) in [5.41, 5.74) is 21.5. The maximum atomic E-state index is 6.60. The summed E-state index contributed by atoms with van der Waals surface area (Å²) in [5.74, 6) is 0. The minimum Gasteiger partial charge on any atom is -0.456 e. The van der Waals surface area contributed by atoms with Crippen molar-refractivity contribution < 1.29 is 4.42 Å². The van der Waals surface area contributed by atoms with E-state index in [1.165, 1.54) is 49.5 Å². The predicted molar refractivity (Wildman–Crippen MR) is 340 cm³/mol. The zero-order chi connectivity index (χ0) is 53.9. The lowest BCUT2D eigenvalue weighted by molar-refractivity contribution is 0.669. The average Bonchev–Trinajstić information content (AvgIpc) is 1.58. The van der Waals surface area contributed by atoms with Crippen LogP contribution in [0.3, 0.4) is 0 Å². The number of fused-ring (bicyclic) bond motifs is 16. The maximum Gasteiger partial charge on any atom is 0.136 e. The average molecular weight is 1050 g/mol. The Hall–Kier alpha value is -10.9. The van der Waals surface area contributed by atoms with Gasteiger partial charge in [0.2, 0.25) is 0 Å². The molecule has 0 saturated carbocycles. The van der Waals surface area contributed by atoms with E-state index in [9.17, 15) is 0 Å². The zero-order valence-electron chi connectivity index (χ0n) is 44.6. The lowest BCUT2D eigenvalue weighted by Gasteiger charge is -2.45. The number of hydrogen-bond donors (Lipinski definition) is 0. The van der Waals surface area contributed by atoms with Crippen molar-refractivity contribution in [1.82, 2.24) is 4.57 Å². The first-order valence-electron chi connectivity index (χ1n) is 28.2. The summed E-state index contributed by atoms with van der Waals surface area (Å²) in [6.45, 7) is 0. The van der Waals surface area contributed by atoms with E-state index in [4.69, 9.17) is 4.42 Å². The van der Waals surface area contributed by atoms with Crippen molar-refractivity contribution in [3.8, 4) is 16.8 Å². The third kappa shape index (κ3) is 6.74. The van der Waals surface area contributed by atoms with Gasteiger partial charge >= 0.3 is 0 Å². The van der Waals surface area contributed by atoms with Gasteiger partial charge in [0.15, 0.2) is 0 Å². The normalized spacial score (nSPS) is 13.0. The monoisotopic (exact) mass is 1050 g/mol. The highest BCUT2D eigenvalue weighted by Gasteiger charge is 2.52. The van der Waals surface area contributed by atoms with Crippen LogP contribution >= 0.6 is 0 Å². The van der Waals surface area contributed by atoms with Crippen LogP contribution in [0.15, 0.2) is 308 Å². The quantitative estimate of drug-likeness (QED) is 0.152. The molecule has 0 amide bonds. The topological polar surface area (TPSA) is 27.8 Å². The van der Waals surface area contributed by atoms with Gasteiger partial charge in [-0.05, 0) is 172 Å².